The Balaban J connectivity index is 1.83. The lowest BCUT2D eigenvalue weighted by Crippen LogP contribution is -2.48. The number of piperidine rings is 1. The molecule has 0 aromatic rings. The van der Waals surface area contributed by atoms with Gasteiger partial charge in [-0.1, -0.05) is 6.92 Å². The first-order valence-electron chi connectivity index (χ1n) is 7.47. The maximum absolute atomic E-state index is 9.38. The fourth-order valence-corrected chi connectivity index (χ4v) is 2.94. The van der Waals surface area contributed by atoms with E-state index in [1.165, 1.54) is 32.2 Å². The number of nitrogens with one attached hydrogen (secondary N) is 1. The van der Waals surface area contributed by atoms with E-state index in [1.54, 1.807) is 0 Å². The van der Waals surface area contributed by atoms with Crippen LogP contribution in [0.5, 0.6) is 0 Å². The zero-order valence-corrected chi connectivity index (χ0v) is 12.1. The minimum atomic E-state index is -0.332. The molecule has 2 rings (SSSR count). The summed E-state index contributed by atoms with van der Waals surface area (Å²) in [7, 11) is 0. The normalized spacial score (nSPS) is 32.8. The molecule has 2 aliphatic rings. The Morgan fingerprint density at radius 2 is 2.06 bits per heavy atom. The predicted molar refractivity (Wildman–Crippen MR) is 74.2 cm³/mol. The van der Waals surface area contributed by atoms with Crippen LogP contribution < -0.4 is 5.32 Å². The molecule has 3 atom stereocenters. The first kappa shape index (κ1) is 13.8. The van der Waals surface area contributed by atoms with Crippen LogP contribution >= 0.6 is 0 Å². The van der Waals surface area contributed by atoms with E-state index >= 15 is 0 Å². The molecule has 1 N–H and O–H groups in total. The van der Waals surface area contributed by atoms with Gasteiger partial charge in [0.25, 0.3) is 0 Å². The van der Waals surface area contributed by atoms with Gasteiger partial charge in [0.05, 0.1) is 6.07 Å². The van der Waals surface area contributed by atoms with Gasteiger partial charge in [-0.05, 0) is 58.4 Å². The number of rotatable bonds is 5. The Morgan fingerprint density at radius 3 is 2.67 bits per heavy atom. The minimum Gasteiger partial charge on any atom is -0.300 e. The van der Waals surface area contributed by atoms with Crippen molar-refractivity contribution in [1.82, 2.24) is 10.2 Å². The van der Waals surface area contributed by atoms with Crippen molar-refractivity contribution < 1.29 is 0 Å². The summed E-state index contributed by atoms with van der Waals surface area (Å²) in [5.41, 5.74) is -0.332. The minimum absolute atomic E-state index is 0.332. The first-order valence-corrected chi connectivity index (χ1v) is 7.47. The highest BCUT2D eigenvalue weighted by atomic mass is 15.2. The molecule has 102 valence electrons. The smallest absolute Gasteiger partial charge is 0.105 e. The third kappa shape index (κ3) is 3.46. The molecule has 1 saturated carbocycles. The number of hydrogen-bond donors (Lipinski definition) is 1. The summed E-state index contributed by atoms with van der Waals surface area (Å²) in [6, 6.07) is 3.75. The maximum atomic E-state index is 9.38. The lowest BCUT2D eigenvalue weighted by Gasteiger charge is -2.39. The summed E-state index contributed by atoms with van der Waals surface area (Å²) < 4.78 is 0. The van der Waals surface area contributed by atoms with Crippen molar-refractivity contribution in [1.29, 1.82) is 5.26 Å². The van der Waals surface area contributed by atoms with E-state index in [4.69, 9.17) is 0 Å². The van der Waals surface area contributed by atoms with Crippen LogP contribution in [0.1, 0.15) is 52.9 Å². The number of nitriles is 1. The van der Waals surface area contributed by atoms with Crippen molar-refractivity contribution in [3.05, 3.63) is 0 Å². The summed E-state index contributed by atoms with van der Waals surface area (Å²) in [5, 5.41) is 12.9. The van der Waals surface area contributed by atoms with Gasteiger partial charge < -0.3 is 4.90 Å². The molecule has 2 fully saturated rings. The summed E-state index contributed by atoms with van der Waals surface area (Å²) in [4.78, 5) is 2.57. The Morgan fingerprint density at radius 1 is 1.33 bits per heavy atom. The second-order valence-electron chi connectivity index (χ2n) is 6.51. The van der Waals surface area contributed by atoms with Crippen LogP contribution in [0, 0.1) is 17.2 Å². The fourth-order valence-electron chi connectivity index (χ4n) is 2.94. The molecule has 0 aromatic carbocycles. The molecule has 0 radical (unpaired) electrons. The van der Waals surface area contributed by atoms with Crippen LogP contribution in [0.15, 0.2) is 0 Å². The van der Waals surface area contributed by atoms with E-state index in [1.807, 2.05) is 0 Å². The summed E-state index contributed by atoms with van der Waals surface area (Å²) >= 11 is 0. The zero-order chi connectivity index (χ0) is 13.2. The Hall–Kier alpha value is -0.590. The number of hydrogen-bond acceptors (Lipinski definition) is 3. The van der Waals surface area contributed by atoms with Gasteiger partial charge in [0.15, 0.2) is 0 Å². The highest BCUT2D eigenvalue weighted by molar-refractivity contribution is 5.07. The van der Waals surface area contributed by atoms with Crippen molar-refractivity contribution >= 4 is 0 Å². The Kier molecular flexibility index (Phi) is 4.29. The quantitative estimate of drug-likeness (QED) is 0.814. The summed E-state index contributed by atoms with van der Waals surface area (Å²) in [6.45, 7) is 9.00. The van der Waals surface area contributed by atoms with Crippen LogP contribution in [-0.4, -0.2) is 35.6 Å². The Labute approximate surface area is 112 Å². The molecule has 1 aliphatic heterocycles. The third-order valence-corrected chi connectivity index (χ3v) is 4.75. The molecule has 1 aliphatic carbocycles. The molecule has 3 heteroatoms. The zero-order valence-electron chi connectivity index (χ0n) is 12.1. The van der Waals surface area contributed by atoms with Crippen molar-refractivity contribution in [3.63, 3.8) is 0 Å². The van der Waals surface area contributed by atoms with Crippen molar-refractivity contribution in [2.75, 3.05) is 13.1 Å². The second kappa shape index (κ2) is 5.59. The van der Waals surface area contributed by atoms with E-state index in [-0.39, 0.29) is 5.54 Å². The van der Waals surface area contributed by atoms with Gasteiger partial charge in [-0.2, -0.15) is 5.26 Å². The second-order valence-corrected chi connectivity index (χ2v) is 6.51. The molecule has 3 nitrogen and oxygen atoms in total. The van der Waals surface area contributed by atoms with Crippen LogP contribution in [0.2, 0.25) is 0 Å². The van der Waals surface area contributed by atoms with Gasteiger partial charge in [-0.3, -0.25) is 5.32 Å². The van der Waals surface area contributed by atoms with E-state index < -0.39 is 0 Å². The number of likely N-dealkylation sites (tertiary alicyclic amines) is 1. The first-order chi connectivity index (χ1) is 8.54. The average molecular weight is 249 g/mol. The van der Waals surface area contributed by atoms with Gasteiger partial charge in [0.1, 0.15) is 5.54 Å². The molecule has 3 unspecified atom stereocenters. The van der Waals surface area contributed by atoms with Crippen molar-refractivity contribution in [3.8, 4) is 6.07 Å². The van der Waals surface area contributed by atoms with Crippen molar-refractivity contribution in [2.24, 2.45) is 5.92 Å². The van der Waals surface area contributed by atoms with E-state index in [2.05, 4.69) is 37.1 Å². The molecular formula is C15H27N3. The van der Waals surface area contributed by atoms with Crippen LogP contribution in [0.3, 0.4) is 0 Å². The van der Waals surface area contributed by atoms with E-state index in [9.17, 15) is 5.26 Å². The van der Waals surface area contributed by atoms with Gasteiger partial charge in [0.2, 0.25) is 0 Å². The number of nitrogens with zero attached hydrogens (tertiary/aromatic N) is 2. The molecular weight excluding hydrogens is 222 g/mol. The van der Waals surface area contributed by atoms with Gasteiger partial charge in [-0.15, -0.1) is 0 Å². The highest BCUT2D eigenvalue weighted by Gasteiger charge is 2.33. The van der Waals surface area contributed by atoms with Gasteiger partial charge in [-0.25, -0.2) is 0 Å². The van der Waals surface area contributed by atoms with Gasteiger partial charge >= 0.3 is 0 Å². The van der Waals surface area contributed by atoms with E-state index in [0.717, 1.165) is 18.9 Å². The fraction of sp³-hybridized carbons (Fsp3) is 0.933. The van der Waals surface area contributed by atoms with Crippen molar-refractivity contribution in [2.45, 2.75) is 70.5 Å². The molecule has 0 amide bonds. The monoisotopic (exact) mass is 249 g/mol. The molecule has 1 heterocycles. The largest absolute Gasteiger partial charge is 0.300 e. The third-order valence-electron chi connectivity index (χ3n) is 4.75. The van der Waals surface area contributed by atoms with Gasteiger partial charge in [0, 0.05) is 18.6 Å². The summed E-state index contributed by atoms with van der Waals surface area (Å²) in [5.74, 6) is 0.795. The molecule has 1 saturated heterocycles. The average Bonchev–Trinajstić information content (AvgIpc) is 3.15. The molecule has 18 heavy (non-hydrogen) atoms. The SMILES string of the molecule is CC1CCCN(CCC(C)(C#N)NC2CC2)C1C. The van der Waals surface area contributed by atoms with Crippen LogP contribution in [-0.2, 0) is 0 Å². The lowest BCUT2D eigenvalue weighted by molar-refractivity contribution is 0.105. The predicted octanol–water partition coefficient (Wildman–Crippen LogP) is 2.53. The molecule has 0 spiro atoms. The maximum Gasteiger partial charge on any atom is 0.105 e. The molecule has 0 aromatic heterocycles. The molecule has 0 bridgehead atoms. The lowest BCUT2D eigenvalue weighted by atomic mass is 9.90. The highest BCUT2D eigenvalue weighted by Crippen LogP contribution is 2.26. The van der Waals surface area contributed by atoms with Crippen LogP contribution in [0.25, 0.3) is 0 Å². The van der Waals surface area contributed by atoms with E-state index in [0.29, 0.717) is 12.1 Å². The topological polar surface area (TPSA) is 39.1 Å². The van der Waals surface area contributed by atoms with Crippen LogP contribution in [0.4, 0.5) is 0 Å². The summed E-state index contributed by atoms with van der Waals surface area (Å²) in [6.07, 6.45) is 6.10. The standard InChI is InChI=1S/C15H27N3/c1-12-5-4-9-18(13(12)2)10-8-15(3,11-16)17-14-6-7-14/h12-14,17H,4-10H2,1-3H3. The Bertz CT molecular complexity index is 318.